The first-order valence-corrected chi connectivity index (χ1v) is 6.48. The fourth-order valence-corrected chi connectivity index (χ4v) is 2.15. The topological polar surface area (TPSA) is 36.4 Å². The zero-order valence-corrected chi connectivity index (χ0v) is 11.7. The molecule has 1 aromatic heterocycles. The molecule has 0 saturated heterocycles. The van der Waals surface area contributed by atoms with E-state index in [1.54, 1.807) is 6.92 Å². The van der Waals surface area contributed by atoms with Crippen molar-refractivity contribution < 1.29 is 5.11 Å². The fraction of sp³-hybridized carbons (Fsp3) is 0.312. The molecule has 19 heavy (non-hydrogen) atoms. The van der Waals surface area contributed by atoms with Gasteiger partial charge >= 0.3 is 0 Å². The Morgan fingerprint density at radius 3 is 2.42 bits per heavy atom. The lowest BCUT2D eigenvalue weighted by molar-refractivity contribution is 0.198. The Morgan fingerprint density at radius 2 is 1.84 bits per heavy atom. The van der Waals surface area contributed by atoms with Crippen LogP contribution < -0.4 is 4.90 Å². The van der Waals surface area contributed by atoms with E-state index in [4.69, 9.17) is 0 Å². The summed E-state index contributed by atoms with van der Waals surface area (Å²) >= 11 is 0. The van der Waals surface area contributed by atoms with Gasteiger partial charge in [0.25, 0.3) is 0 Å². The van der Waals surface area contributed by atoms with Crippen LogP contribution in [0, 0.1) is 6.92 Å². The van der Waals surface area contributed by atoms with Gasteiger partial charge in [-0.3, -0.25) is 0 Å². The maximum absolute atomic E-state index is 9.62. The third kappa shape index (κ3) is 3.32. The van der Waals surface area contributed by atoms with E-state index in [1.165, 1.54) is 5.56 Å². The first-order chi connectivity index (χ1) is 9.08. The summed E-state index contributed by atoms with van der Waals surface area (Å²) in [5.41, 5.74) is 3.02. The molecule has 1 heterocycles. The van der Waals surface area contributed by atoms with Crippen LogP contribution in [0.25, 0.3) is 0 Å². The molecule has 0 fully saturated rings. The van der Waals surface area contributed by atoms with Crippen LogP contribution in [-0.2, 0) is 6.54 Å². The maximum Gasteiger partial charge on any atom is 0.128 e. The van der Waals surface area contributed by atoms with E-state index in [9.17, 15) is 5.11 Å². The molecule has 0 bridgehead atoms. The van der Waals surface area contributed by atoms with E-state index >= 15 is 0 Å². The number of aliphatic hydroxyl groups is 1. The van der Waals surface area contributed by atoms with Gasteiger partial charge in [0.05, 0.1) is 6.10 Å². The third-order valence-electron chi connectivity index (χ3n) is 3.22. The van der Waals surface area contributed by atoms with Gasteiger partial charge in [-0.05, 0) is 25.5 Å². The van der Waals surface area contributed by atoms with Crippen LogP contribution in [0.1, 0.15) is 29.8 Å². The van der Waals surface area contributed by atoms with Gasteiger partial charge in [0, 0.05) is 24.8 Å². The van der Waals surface area contributed by atoms with Gasteiger partial charge in [-0.2, -0.15) is 0 Å². The molecule has 2 rings (SSSR count). The van der Waals surface area contributed by atoms with Gasteiger partial charge in [0.15, 0.2) is 0 Å². The number of hydrogen-bond donors (Lipinski definition) is 1. The second kappa shape index (κ2) is 5.85. The van der Waals surface area contributed by atoms with E-state index in [-0.39, 0.29) is 0 Å². The van der Waals surface area contributed by atoms with E-state index in [1.807, 2.05) is 44.3 Å². The largest absolute Gasteiger partial charge is 0.389 e. The van der Waals surface area contributed by atoms with Crippen molar-refractivity contribution in [2.45, 2.75) is 26.5 Å². The van der Waals surface area contributed by atoms with E-state index in [2.05, 4.69) is 22.0 Å². The molecule has 0 aliphatic carbocycles. The summed E-state index contributed by atoms with van der Waals surface area (Å²) in [5.74, 6) is 0.922. The Bertz CT molecular complexity index is 538. The van der Waals surface area contributed by atoms with E-state index < -0.39 is 6.10 Å². The van der Waals surface area contributed by atoms with Crippen LogP contribution in [0.5, 0.6) is 0 Å². The summed E-state index contributed by atoms with van der Waals surface area (Å²) in [6.45, 7) is 4.51. The molecule has 0 saturated carbocycles. The smallest absolute Gasteiger partial charge is 0.128 e. The molecule has 1 N–H and O–H groups in total. The van der Waals surface area contributed by atoms with Gasteiger partial charge in [0.1, 0.15) is 5.82 Å². The summed E-state index contributed by atoms with van der Waals surface area (Å²) in [6, 6.07) is 14.2. The van der Waals surface area contributed by atoms with Gasteiger partial charge in [0.2, 0.25) is 0 Å². The Morgan fingerprint density at radius 1 is 1.16 bits per heavy atom. The highest BCUT2D eigenvalue weighted by Crippen LogP contribution is 2.20. The summed E-state index contributed by atoms with van der Waals surface area (Å²) in [5, 5.41) is 9.62. The molecule has 0 radical (unpaired) electrons. The second-order valence-electron chi connectivity index (χ2n) is 4.86. The second-order valence-corrected chi connectivity index (χ2v) is 4.86. The minimum Gasteiger partial charge on any atom is -0.389 e. The minimum absolute atomic E-state index is 0.471. The number of aromatic nitrogens is 1. The zero-order valence-electron chi connectivity index (χ0n) is 11.7. The minimum atomic E-state index is -0.471. The molecule has 3 nitrogen and oxygen atoms in total. The van der Waals surface area contributed by atoms with Gasteiger partial charge in [-0.25, -0.2) is 4.98 Å². The summed E-state index contributed by atoms with van der Waals surface area (Å²) in [4.78, 5) is 6.66. The number of pyridine rings is 1. The number of rotatable bonds is 4. The molecule has 100 valence electrons. The molecular weight excluding hydrogens is 236 g/mol. The van der Waals surface area contributed by atoms with Crippen LogP contribution in [0.15, 0.2) is 42.5 Å². The summed E-state index contributed by atoms with van der Waals surface area (Å²) in [6.07, 6.45) is -0.471. The number of aliphatic hydroxyl groups excluding tert-OH is 1. The number of nitrogens with zero attached hydrogens (tertiary/aromatic N) is 2. The van der Waals surface area contributed by atoms with Crippen molar-refractivity contribution in [1.29, 1.82) is 0 Å². The fourth-order valence-electron chi connectivity index (χ4n) is 2.15. The Balaban J connectivity index is 2.16. The van der Waals surface area contributed by atoms with Crippen LogP contribution in [-0.4, -0.2) is 17.1 Å². The average Bonchev–Trinajstić information content (AvgIpc) is 2.39. The van der Waals surface area contributed by atoms with Crippen molar-refractivity contribution >= 4 is 5.82 Å². The summed E-state index contributed by atoms with van der Waals surface area (Å²) < 4.78 is 0. The lowest BCUT2D eigenvalue weighted by atomic mass is 10.1. The average molecular weight is 256 g/mol. The number of aryl methyl sites for hydroxylation is 1. The highest BCUT2D eigenvalue weighted by molar-refractivity contribution is 5.42. The summed E-state index contributed by atoms with van der Waals surface area (Å²) in [7, 11) is 2.02. The van der Waals surface area contributed by atoms with Crippen molar-refractivity contribution in [3.8, 4) is 0 Å². The molecule has 1 atom stereocenters. The highest BCUT2D eigenvalue weighted by Gasteiger charge is 2.09. The quantitative estimate of drug-likeness (QED) is 0.913. The Kier molecular flexibility index (Phi) is 4.17. The molecule has 0 aliphatic heterocycles. The van der Waals surface area contributed by atoms with Crippen molar-refractivity contribution in [2.75, 3.05) is 11.9 Å². The standard InChI is InChI=1S/C16H20N2O/c1-12-15(13(2)19)9-10-16(17-12)18(3)11-14-7-5-4-6-8-14/h4-10,13,19H,11H2,1-3H3/t13-/m1/s1. The van der Waals surface area contributed by atoms with Crippen molar-refractivity contribution in [3.63, 3.8) is 0 Å². The molecule has 3 heteroatoms. The maximum atomic E-state index is 9.62. The molecule has 0 aliphatic rings. The van der Waals surface area contributed by atoms with Crippen molar-refractivity contribution in [2.24, 2.45) is 0 Å². The Labute approximate surface area is 114 Å². The molecular formula is C16H20N2O. The SMILES string of the molecule is Cc1nc(N(C)Cc2ccccc2)ccc1[C@@H](C)O. The first-order valence-electron chi connectivity index (χ1n) is 6.48. The normalized spacial score (nSPS) is 12.2. The highest BCUT2D eigenvalue weighted by atomic mass is 16.3. The predicted molar refractivity (Wildman–Crippen MR) is 78.2 cm³/mol. The van der Waals surface area contributed by atoms with Crippen molar-refractivity contribution in [3.05, 3.63) is 59.3 Å². The van der Waals surface area contributed by atoms with Crippen LogP contribution >= 0.6 is 0 Å². The van der Waals surface area contributed by atoms with Gasteiger partial charge in [-0.1, -0.05) is 36.4 Å². The van der Waals surface area contributed by atoms with Crippen molar-refractivity contribution in [1.82, 2.24) is 4.98 Å². The monoisotopic (exact) mass is 256 g/mol. The zero-order chi connectivity index (χ0) is 13.8. The van der Waals surface area contributed by atoms with E-state index in [0.717, 1.165) is 23.6 Å². The molecule has 2 aromatic rings. The van der Waals surface area contributed by atoms with Gasteiger partial charge < -0.3 is 10.0 Å². The lowest BCUT2D eigenvalue weighted by Gasteiger charge is -2.20. The Hall–Kier alpha value is -1.87. The number of anilines is 1. The van der Waals surface area contributed by atoms with E-state index in [0.29, 0.717) is 0 Å². The van der Waals surface area contributed by atoms with Crippen LogP contribution in [0.4, 0.5) is 5.82 Å². The van der Waals surface area contributed by atoms with Crippen LogP contribution in [0.2, 0.25) is 0 Å². The molecule has 0 unspecified atom stereocenters. The predicted octanol–water partition coefficient (Wildman–Crippen LogP) is 3.08. The third-order valence-corrected chi connectivity index (χ3v) is 3.22. The molecule has 0 spiro atoms. The number of hydrogen-bond acceptors (Lipinski definition) is 3. The molecule has 1 aromatic carbocycles. The molecule has 0 amide bonds. The lowest BCUT2D eigenvalue weighted by Crippen LogP contribution is -2.18. The van der Waals surface area contributed by atoms with Gasteiger partial charge in [-0.15, -0.1) is 0 Å². The first kappa shape index (κ1) is 13.6. The number of benzene rings is 1. The van der Waals surface area contributed by atoms with Crippen LogP contribution in [0.3, 0.4) is 0 Å².